The molecule has 2 aromatic heterocycles. The number of hydrogen-bond acceptors (Lipinski definition) is 4. The number of pyridine rings is 1. The largest absolute Gasteiger partial charge is 0.380 e. The van der Waals surface area contributed by atoms with E-state index in [1.54, 1.807) is 13.0 Å². The van der Waals surface area contributed by atoms with Gasteiger partial charge in [-0.05, 0) is 31.6 Å². The molecular weight excluding hydrogens is 335 g/mol. The summed E-state index contributed by atoms with van der Waals surface area (Å²) >= 11 is 0. The number of ether oxygens (including phenoxy) is 1. The molecule has 0 bridgehead atoms. The third-order valence-electron chi connectivity index (χ3n) is 4.06. The van der Waals surface area contributed by atoms with Crippen molar-refractivity contribution >= 4 is 28.6 Å². The maximum absolute atomic E-state index is 13.9. The van der Waals surface area contributed by atoms with Gasteiger partial charge in [-0.3, -0.25) is 14.9 Å². The number of methoxy groups -OCH3 is 1. The maximum atomic E-state index is 13.9. The molecule has 26 heavy (non-hydrogen) atoms. The van der Waals surface area contributed by atoms with Crippen LogP contribution in [0.2, 0.25) is 0 Å². The van der Waals surface area contributed by atoms with Gasteiger partial charge in [0.25, 0.3) is 0 Å². The molecule has 2 N–H and O–H groups in total. The summed E-state index contributed by atoms with van der Waals surface area (Å²) in [6.45, 7) is 3.67. The minimum absolute atomic E-state index is 0.0460. The first kappa shape index (κ1) is 17.8. The molecule has 0 atom stereocenters. The number of aryl methyl sites for hydroxylation is 2. The fourth-order valence-electron chi connectivity index (χ4n) is 2.70. The van der Waals surface area contributed by atoms with Crippen LogP contribution in [0.15, 0.2) is 30.5 Å². The highest BCUT2D eigenvalue weighted by Crippen LogP contribution is 2.23. The average Bonchev–Trinajstić information content (AvgIpc) is 3.00. The number of halogens is 1. The summed E-state index contributed by atoms with van der Waals surface area (Å²) < 4.78 is 19.0. The number of aromatic nitrogens is 3. The molecule has 0 radical (unpaired) electrons. The summed E-state index contributed by atoms with van der Waals surface area (Å²) in [6, 6.07) is 5.76. The number of hydrogen-bond donors (Lipinski definition) is 2. The molecule has 2 heterocycles. The van der Waals surface area contributed by atoms with Crippen molar-refractivity contribution in [1.82, 2.24) is 15.2 Å². The van der Waals surface area contributed by atoms with Crippen LogP contribution in [0.4, 0.5) is 10.1 Å². The van der Waals surface area contributed by atoms with Crippen LogP contribution >= 0.6 is 0 Å². The van der Waals surface area contributed by atoms with E-state index in [9.17, 15) is 9.18 Å². The molecule has 1 amide bonds. The molecule has 3 aromatic rings. The standard InChI is InChI=1S/C19H19FN4O2/c1-11-14-6-4-13(8-17(14)24-23-11)5-7-18(25)22-19-12(2)21-9-16(20)15(19)10-26-3/h4-9H,10H2,1-3H3,(H,22,25)(H,23,24)/b7-5+. The van der Waals surface area contributed by atoms with Gasteiger partial charge in [-0.15, -0.1) is 0 Å². The van der Waals surface area contributed by atoms with E-state index in [1.165, 1.54) is 13.2 Å². The van der Waals surface area contributed by atoms with Gasteiger partial charge < -0.3 is 10.1 Å². The number of rotatable bonds is 5. The maximum Gasteiger partial charge on any atom is 0.248 e. The van der Waals surface area contributed by atoms with E-state index in [-0.39, 0.29) is 18.1 Å². The first-order chi connectivity index (χ1) is 12.5. The van der Waals surface area contributed by atoms with E-state index in [0.717, 1.165) is 28.4 Å². The molecule has 1 aromatic carbocycles. The number of carbonyl (C=O) groups is 1. The molecule has 0 fully saturated rings. The third-order valence-corrected chi connectivity index (χ3v) is 4.06. The Morgan fingerprint density at radius 2 is 2.15 bits per heavy atom. The predicted molar refractivity (Wildman–Crippen MR) is 98.1 cm³/mol. The molecule has 7 heteroatoms. The van der Waals surface area contributed by atoms with Crippen LogP contribution in [-0.4, -0.2) is 28.2 Å². The molecule has 3 rings (SSSR count). The second-order valence-electron chi connectivity index (χ2n) is 5.91. The lowest BCUT2D eigenvalue weighted by Gasteiger charge is -2.12. The Kier molecular flexibility index (Phi) is 5.09. The number of H-pyrrole nitrogens is 1. The van der Waals surface area contributed by atoms with Crippen LogP contribution < -0.4 is 5.32 Å². The number of nitrogens with one attached hydrogen (secondary N) is 2. The number of aromatic amines is 1. The van der Waals surface area contributed by atoms with Crippen LogP contribution in [0.25, 0.3) is 17.0 Å². The number of benzene rings is 1. The smallest absolute Gasteiger partial charge is 0.248 e. The van der Waals surface area contributed by atoms with E-state index in [2.05, 4.69) is 20.5 Å². The van der Waals surface area contributed by atoms with Crippen molar-refractivity contribution in [3.8, 4) is 0 Å². The Morgan fingerprint density at radius 3 is 2.92 bits per heavy atom. The summed E-state index contributed by atoms with van der Waals surface area (Å²) in [5, 5.41) is 10.8. The minimum Gasteiger partial charge on any atom is -0.380 e. The van der Waals surface area contributed by atoms with Gasteiger partial charge in [0.2, 0.25) is 5.91 Å². The van der Waals surface area contributed by atoms with Gasteiger partial charge in [0, 0.05) is 24.1 Å². The summed E-state index contributed by atoms with van der Waals surface area (Å²) in [4.78, 5) is 16.2. The van der Waals surface area contributed by atoms with E-state index in [1.807, 2.05) is 25.1 Å². The Labute approximate surface area is 150 Å². The Balaban J connectivity index is 1.80. The van der Waals surface area contributed by atoms with E-state index in [0.29, 0.717) is 11.4 Å². The monoisotopic (exact) mass is 354 g/mol. The summed E-state index contributed by atoms with van der Waals surface area (Å²) in [5.74, 6) is -0.893. The van der Waals surface area contributed by atoms with E-state index in [4.69, 9.17) is 4.74 Å². The second-order valence-corrected chi connectivity index (χ2v) is 5.91. The molecular formula is C19H19FN4O2. The fourth-order valence-corrected chi connectivity index (χ4v) is 2.70. The van der Waals surface area contributed by atoms with Crippen molar-refractivity contribution < 1.29 is 13.9 Å². The number of amides is 1. The topological polar surface area (TPSA) is 79.9 Å². The van der Waals surface area contributed by atoms with Crippen LogP contribution in [0, 0.1) is 19.7 Å². The van der Waals surface area contributed by atoms with Crippen molar-refractivity contribution in [3.63, 3.8) is 0 Å². The van der Waals surface area contributed by atoms with Crippen molar-refractivity contribution in [2.24, 2.45) is 0 Å². The van der Waals surface area contributed by atoms with Gasteiger partial charge in [0.15, 0.2) is 0 Å². The normalized spacial score (nSPS) is 11.4. The SMILES string of the molecule is COCc1c(F)cnc(C)c1NC(=O)/C=C/c1ccc2c(C)n[nH]c2c1. The van der Waals surface area contributed by atoms with Crippen molar-refractivity contribution in [2.45, 2.75) is 20.5 Å². The Hall–Kier alpha value is -3.06. The van der Waals surface area contributed by atoms with E-state index >= 15 is 0 Å². The summed E-state index contributed by atoms with van der Waals surface area (Å²) in [7, 11) is 1.47. The molecule has 0 saturated heterocycles. The van der Waals surface area contributed by atoms with Gasteiger partial charge >= 0.3 is 0 Å². The highest BCUT2D eigenvalue weighted by atomic mass is 19.1. The van der Waals surface area contributed by atoms with Crippen LogP contribution in [0.5, 0.6) is 0 Å². The van der Waals surface area contributed by atoms with Crippen molar-refractivity contribution in [1.29, 1.82) is 0 Å². The molecule has 0 aliphatic rings. The summed E-state index contributed by atoms with van der Waals surface area (Å²) in [6.07, 6.45) is 4.20. The van der Waals surface area contributed by atoms with Crippen molar-refractivity contribution in [2.75, 3.05) is 12.4 Å². The quantitative estimate of drug-likeness (QED) is 0.687. The lowest BCUT2D eigenvalue weighted by atomic mass is 10.1. The lowest BCUT2D eigenvalue weighted by molar-refractivity contribution is -0.111. The highest BCUT2D eigenvalue weighted by molar-refractivity contribution is 6.03. The molecule has 0 unspecified atom stereocenters. The zero-order valence-electron chi connectivity index (χ0n) is 14.8. The number of nitrogens with zero attached hydrogens (tertiary/aromatic N) is 2. The molecule has 0 aliphatic carbocycles. The van der Waals surface area contributed by atoms with Gasteiger partial charge in [0.1, 0.15) is 5.82 Å². The summed E-state index contributed by atoms with van der Waals surface area (Å²) in [5.41, 5.74) is 3.81. The van der Waals surface area contributed by atoms with Gasteiger partial charge in [-0.1, -0.05) is 12.1 Å². The molecule has 6 nitrogen and oxygen atoms in total. The Morgan fingerprint density at radius 1 is 1.35 bits per heavy atom. The predicted octanol–water partition coefficient (Wildman–Crippen LogP) is 3.51. The van der Waals surface area contributed by atoms with Gasteiger partial charge in [-0.25, -0.2) is 4.39 Å². The lowest BCUT2D eigenvalue weighted by Crippen LogP contribution is -2.13. The zero-order chi connectivity index (χ0) is 18.7. The number of carbonyl (C=O) groups excluding carboxylic acids is 1. The minimum atomic E-state index is -0.517. The Bertz CT molecular complexity index is 995. The van der Waals surface area contributed by atoms with Gasteiger partial charge in [0.05, 0.1) is 35.4 Å². The third kappa shape index (κ3) is 3.62. The van der Waals surface area contributed by atoms with Crippen molar-refractivity contribution in [3.05, 3.63) is 58.8 Å². The molecule has 0 saturated carbocycles. The number of anilines is 1. The first-order valence-corrected chi connectivity index (χ1v) is 8.06. The average molecular weight is 354 g/mol. The van der Waals surface area contributed by atoms with Crippen LogP contribution in [0.1, 0.15) is 22.5 Å². The zero-order valence-corrected chi connectivity index (χ0v) is 14.8. The molecule has 134 valence electrons. The van der Waals surface area contributed by atoms with E-state index < -0.39 is 5.82 Å². The fraction of sp³-hybridized carbons (Fsp3) is 0.211. The van der Waals surface area contributed by atoms with Gasteiger partial charge in [-0.2, -0.15) is 5.10 Å². The highest BCUT2D eigenvalue weighted by Gasteiger charge is 2.14. The molecule has 0 aliphatic heterocycles. The van der Waals surface area contributed by atoms with Crippen LogP contribution in [0.3, 0.4) is 0 Å². The first-order valence-electron chi connectivity index (χ1n) is 8.06. The van der Waals surface area contributed by atoms with Crippen LogP contribution in [-0.2, 0) is 16.1 Å². The number of fused-ring (bicyclic) bond motifs is 1. The second kappa shape index (κ2) is 7.45. The molecule has 0 spiro atoms.